The Bertz CT molecular complexity index is 371. The van der Waals surface area contributed by atoms with Crippen LogP contribution >= 0.6 is 0 Å². The van der Waals surface area contributed by atoms with E-state index in [0.29, 0.717) is 0 Å². The first-order valence-corrected chi connectivity index (χ1v) is 6.50. The lowest BCUT2D eigenvalue weighted by atomic mass is 10.2. The summed E-state index contributed by atoms with van der Waals surface area (Å²) in [5.41, 5.74) is 1.30. The van der Waals surface area contributed by atoms with Crippen molar-refractivity contribution in [1.82, 2.24) is 0 Å². The highest BCUT2D eigenvalue weighted by atomic mass is 32.2. The fraction of sp³-hybridized carbons (Fsp3) is 0.143. The second-order valence-electron chi connectivity index (χ2n) is 3.33. The molecule has 0 saturated carbocycles. The maximum atomic E-state index is 3.83. The third-order valence-electron chi connectivity index (χ3n) is 2.21. The van der Waals surface area contributed by atoms with E-state index in [1.807, 2.05) is 18.2 Å². The third kappa shape index (κ3) is 3.14. The zero-order valence-corrected chi connectivity index (χ0v) is 10.2. The first-order valence-electron chi connectivity index (χ1n) is 4.87. The molecule has 1 heteroatoms. The lowest BCUT2D eigenvalue weighted by Gasteiger charge is -2.02. The van der Waals surface area contributed by atoms with Gasteiger partial charge in [0.15, 0.2) is 9.80 Å². The quantitative estimate of drug-likeness (QED) is 0.531. The molecule has 1 atom stereocenters. The number of allylic oxidation sites excluding steroid dienone is 3. The Morgan fingerprint density at radius 3 is 2.27 bits per heavy atom. The molecule has 1 unspecified atom stereocenters. The average molecular weight is 217 g/mol. The van der Waals surface area contributed by atoms with Crippen molar-refractivity contribution in [2.24, 2.45) is 0 Å². The van der Waals surface area contributed by atoms with Gasteiger partial charge in [-0.2, -0.15) is 0 Å². The van der Waals surface area contributed by atoms with Gasteiger partial charge >= 0.3 is 0 Å². The molecular weight excluding hydrogens is 200 g/mol. The Hall–Kier alpha value is -1.21. The zero-order chi connectivity index (χ0) is 11.3. The summed E-state index contributed by atoms with van der Waals surface area (Å²) in [5, 5.41) is 0. The average Bonchev–Trinajstić information content (AvgIpc) is 2.26. The molecule has 0 aliphatic heterocycles. The number of rotatable bonds is 4. The van der Waals surface area contributed by atoms with E-state index in [1.54, 1.807) is 0 Å². The van der Waals surface area contributed by atoms with Crippen LogP contribution in [-0.2, 0) is 10.9 Å². The number of benzene rings is 1. The van der Waals surface area contributed by atoms with Crippen LogP contribution in [0.1, 0.15) is 5.56 Å². The molecule has 0 radical (unpaired) electrons. The van der Waals surface area contributed by atoms with Crippen LogP contribution in [0, 0.1) is 6.92 Å². The number of hydrogen-bond acceptors (Lipinski definition) is 0. The van der Waals surface area contributed by atoms with Gasteiger partial charge in [0.25, 0.3) is 0 Å². The molecule has 0 aliphatic carbocycles. The largest absolute Gasteiger partial charge is 0.160 e. The summed E-state index contributed by atoms with van der Waals surface area (Å²) in [7, 11) is 0.0924. The number of hydrogen-bond donors (Lipinski definition) is 0. The third-order valence-corrected chi connectivity index (χ3v) is 4.20. The van der Waals surface area contributed by atoms with Crippen LogP contribution in [0.15, 0.2) is 65.5 Å². The van der Waals surface area contributed by atoms with Gasteiger partial charge in [0.1, 0.15) is 6.26 Å². The van der Waals surface area contributed by atoms with Crippen LogP contribution in [0.3, 0.4) is 0 Å². The minimum atomic E-state index is 0.0924. The van der Waals surface area contributed by atoms with Crippen molar-refractivity contribution in [3.63, 3.8) is 0 Å². The minimum absolute atomic E-state index is 0.0924. The minimum Gasteiger partial charge on any atom is -0.0989 e. The maximum Gasteiger partial charge on any atom is 0.160 e. The van der Waals surface area contributed by atoms with Crippen molar-refractivity contribution >= 4 is 10.9 Å². The predicted molar refractivity (Wildman–Crippen MR) is 71.2 cm³/mol. The first-order chi connectivity index (χ1) is 7.19. The van der Waals surface area contributed by atoms with E-state index in [4.69, 9.17) is 0 Å². The van der Waals surface area contributed by atoms with E-state index in [-0.39, 0.29) is 10.9 Å². The van der Waals surface area contributed by atoms with E-state index < -0.39 is 0 Å². The van der Waals surface area contributed by atoms with E-state index in [0.717, 1.165) is 0 Å². The second-order valence-corrected chi connectivity index (χ2v) is 5.30. The Balaban J connectivity index is 2.97. The normalized spacial score (nSPS) is 13.3. The fourth-order valence-corrected chi connectivity index (χ4v) is 2.66. The molecule has 0 amide bonds. The van der Waals surface area contributed by atoms with Crippen LogP contribution < -0.4 is 0 Å². The van der Waals surface area contributed by atoms with Crippen molar-refractivity contribution in [2.45, 2.75) is 11.8 Å². The molecule has 0 aromatic heterocycles. The topological polar surface area (TPSA) is 0 Å². The van der Waals surface area contributed by atoms with E-state index >= 15 is 0 Å². The molecule has 1 aromatic carbocycles. The summed E-state index contributed by atoms with van der Waals surface area (Å²) in [6.45, 7) is 9.66. The SMILES string of the molecule is C=C/C=C(\C=C)[S+](C)c1ccc(C)cc1. The molecule has 0 N–H and O–H groups in total. The van der Waals surface area contributed by atoms with Gasteiger partial charge in [-0.1, -0.05) is 36.9 Å². The Morgan fingerprint density at radius 2 is 1.80 bits per heavy atom. The van der Waals surface area contributed by atoms with Crippen molar-refractivity contribution < 1.29 is 0 Å². The van der Waals surface area contributed by atoms with Crippen molar-refractivity contribution in [3.8, 4) is 0 Å². The predicted octanol–water partition coefficient (Wildman–Crippen LogP) is 3.86. The Labute approximate surface area is 95.4 Å². The van der Waals surface area contributed by atoms with Gasteiger partial charge in [-0.15, -0.1) is 0 Å². The van der Waals surface area contributed by atoms with Gasteiger partial charge in [-0.3, -0.25) is 0 Å². The number of aryl methyl sites for hydroxylation is 1. The molecule has 0 heterocycles. The Morgan fingerprint density at radius 1 is 1.20 bits per heavy atom. The van der Waals surface area contributed by atoms with Gasteiger partial charge in [-0.25, -0.2) is 0 Å². The lowest BCUT2D eigenvalue weighted by Crippen LogP contribution is -2.01. The molecule has 1 aromatic rings. The van der Waals surface area contributed by atoms with Crippen LogP contribution in [-0.4, -0.2) is 6.26 Å². The van der Waals surface area contributed by atoms with Gasteiger partial charge in [0.05, 0.1) is 10.9 Å². The molecule has 0 nitrogen and oxygen atoms in total. The fourth-order valence-electron chi connectivity index (χ4n) is 1.29. The van der Waals surface area contributed by atoms with Gasteiger partial charge in [-0.05, 0) is 31.2 Å². The van der Waals surface area contributed by atoms with Crippen LogP contribution in [0.5, 0.6) is 0 Å². The highest BCUT2D eigenvalue weighted by Gasteiger charge is 2.18. The molecule has 1 rings (SSSR count). The molecule has 0 saturated heterocycles. The molecule has 0 fully saturated rings. The van der Waals surface area contributed by atoms with Gasteiger partial charge in [0.2, 0.25) is 0 Å². The monoisotopic (exact) mass is 217 g/mol. The molecule has 0 aliphatic rings. The zero-order valence-electron chi connectivity index (χ0n) is 9.36. The lowest BCUT2D eigenvalue weighted by molar-refractivity contribution is 1.37. The van der Waals surface area contributed by atoms with E-state index in [2.05, 4.69) is 50.6 Å². The van der Waals surface area contributed by atoms with E-state index in [9.17, 15) is 0 Å². The maximum absolute atomic E-state index is 3.83. The second kappa shape index (κ2) is 5.62. The summed E-state index contributed by atoms with van der Waals surface area (Å²) < 4.78 is 0. The summed E-state index contributed by atoms with van der Waals surface area (Å²) in [4.78, 5) is 2.57. The summed E-state index contributed by atoms with van der Waals surface area (Å²) in [6, 6.07) is 8.65. The van der Waals surface area contributed by atoms with E-state index in [1.165, 1.54) is 15.4 Å². The summed E-state index contributed by atoms with van der Waals surface area (Å²) in [6.07, 6.45) is 7.96. The van der Waals surface area contributed by atoms with Crippen LogP contribution in [0.2, 0.25) is 0 Å². The summed E-state index contributed by atoms with van der Waals surface area (Å²) >= 11 is 0. The molecule has 0 bridgehead atoms. The standard InChI is InChI=1S/C14H17S/c1-5-7-13(6-2)15(4)14-10-8-12(3)9-11-14/h5-11H,1-2H2,3-4H3/q+1/b13-7+. The highest BCUT2D eigenvalue weighted by Crippen LogP contribution is 2.20. The van der Waals surface area contributed by atoms with Crippen LogP contribution in [0.25, 0.3) is 0 Å². The molecular formula is C14H17S+. The van der Waals surface area contributed by atoms with Crippen molar-refractivity contribution in [3.05, 3.63) is 66.1 Å². The molecule has 15 heavy (non-hydrogen) atoms. The molecule has 0 spiro atoms. The molecule has 78 valence electrons. The van der Waals surface area contributed by atoms with Crippen molar-refractivity contribution in [1.29, 1.82) is 0 Å². The van der Waals surface area contributed by atoms with Gasteiger partial charge in [0, 0.05) is 0 Å². The van der Waals surface area contributed by atoms with Gasteiger partial charge < -0.3 is 0 Å². The van der Waals surface area contributed by atoms with Crippen LogP contribution in [0.4, 0.5) is 0 Å². The first kappa shape index (κ1) is 11.9. The van der Waals surface area contributed by atoms with Crippen molar-refractivity contribution in [2.75, 3.05) is 6.26 Å². The summed E-state index contributed by atoms with van der Waals surface area (Å²) in [5.74, 6) is 0. The smallest absolute Gasteiger partial charge is 0.0989 e. The Kier molecular flexibility index (Phi) is 4.44. The highest BCUT2D eigenvalue weighted by molar-refractivity contribution is 8.00.